The summed E-state index contributed by atoms with van der Waals surface area (Å²) in [5.74, 6) is 0. The molecule has 0 N–H and O–H groups in total. The van der Waals surface area contributed by atoms with Crippen LogP contribution in [0.4, 0.5) is 0 Å². The summed E-state index contributed by atoms with van der Waals surface area (Å²) in [5.41, 5.74) is 13.1. The van der Waals surface area contributed by atoms with Crippen molar-refractivity contribution in [3.63, 3.8) is 0 Å². The molecule has 0 saturated carbocycles. The van der Waals surface area contributed by atoms with E-state index in [1.807, 2.05) is 0 Å². The van der Waals surface area contributed by atoms with E-state index in [1.54, 1.807) is 0 Å². The third-order valence-electron chi connectivity index (χ3n) is 13.6. The van der Waals surface area contributed by atoms with E-state index in [4.69, 9.17) is 8.83 Å². The molecule has 14 rings (SSSR count). The van der Waals surface area contributed by atoms with Gasteiger partial charge in [0.15, 0.2) is 0 Å². The van der Waals surface area contributed by atoms with Crippen molar-refractivity contribution in [2.75, 3.05) is 0 Å². The lowest BCUT2D eigenvalue weighted by Crippen LogP contribution is -1.91. The van der Waals surface area contributed by atoms with Gasteiger partial charge in [0.25, 0.3) is 0 Å². The Kier molecular flexibility index (Phi) is 7.43. The third kappa shape index (κ3) is 5.02. The molecule has 0 aliphatic carbocycles. The van der Waals surface area contributed by atoms with Gasteiger partial charge in [-0.1, -0.05) is 188 Å². The molecule has 0 spiro atoms. The maximum Gasteiger partial charge on any atom is 0.143 e. The minimum absolute atomic E-state index is 0.874. The van der Waals surface area contributed by atoms with Crippen molar-refractivity contribution in [1.29, 1.82) is 0 Å². The van der Waals surface area contributed by atoms with Crippen molar-refractivity contribution in [3.8, 4) is 44.5 Å². The van der Waals surface area contributed by atoms with Crippen molar-refractivity contribution in [2.45, 2.75) is 0 Å². The SMILES string of the molecule is c1ccc(-c2c3ccccc3c(-c3cccc4c3oc3ccc(-c5c6ccccc6c(-c6ccc7oc8ccc9ccccc9c8c7c6)c6ccccc56)cc34)c3ccccc23)cc1. The summed E-state index contributed by atoms with van der Waals surface area (Å²) in [6, 6.07) is 79.2. The molecule has 0 amide bonds. The molecule has 2 heterocycles. The first-order chi connectivity index (χ1) is 31.8. The molecule has 0 bridgehead atoms. The predicted molar refractivity (Wildman–Crippen MR) is 270 cm³/mol. The molecular weight excluding hydrogens is 777 g/mol. The van der Waals surface area contributed by atoms with E-state index in [2.05, 4.69) is 218 Å². The van der Waals surface area contributed by atoms with E-state index in [1.165, 1.54) is 87.2 Å². The molecule has 2 nitrogen and oxygen atoms in total. The van der Waals surface area contributed by atoms with Crippen LogP contribution in [-0.2, 0) is 0 Å². The van der Waals surface area contributed by atoms with Gasteiger partial charge in [-0.3, -0.25) is 0 Å². The van der Waals surface area contributed by atoms with Crippen LogP contribution in [0.1, 0.15) is 0 Å². The van der Waals surface area contributed by atoms with Crippen LogP contribution < -0.4 is 0 Å². The number of fused-ring (bicyclic) bond motifs is 12. The molecule has 0 radical (unpaired) electrons. The van der Waals surface area contributed by atoms with E-state index >= 15 is 0 Å². The van der Waals surface area contributed by atoms with Gasteiger partial charge in [-0.15, -0.1) is 0 Å². The Bertz CT molecular complexity index is 4130. The molecule has 0 aliphatic rings. The van der Waals surface area contributed by atoms with Crippen molar-refractivity contribution in [3.05, 3.63) is 218 Å². The molecule has 0 aliphatic heterocycles. The lowest BCUT2D eigenvalue weighted by molar-refractivity contribution is 0.669. The van der Waals surface area contributed by atoms with Crippen LogP contribution in [0.5, 0.6) is 0 Å². The summed E-state index contributed by atoms with van der Waals surface area (Å²) in [6.45, 7) is 0. The number of furan rings is 2. The smallest absolute Gasteiger partial charge is 0.143 e. The zero-order chi connectivity index (χ0) is 41.9. The topological polar surface area (TPSA) is 26.3 Å². The summed E-state index contributed by atoms with van der Waals surface area (Å²) < 4.78 is 13.4. The van der Waals surface area contributed by atoms with Gasteiger partial charge in [0.05, 0.1) is 0 Å². The fourth-order valence-electron chi connectivity index (χ4n) is 10.9. The highest BCUT2D eigenvalue weighted by molar-refractivity contribution is 6.26. The van der Waals surface area contributed by atoms with Gasteiger partial charge in [-0.2, -0.15) is 0 Å². The largest absolute Gasteiger partial charge is 0.456 e. The zero-order valence-corrected chi connectivity index (χ0v) is 34.6. The molecule has 296 valence electrons. The second kappa shape index (κ2) is 13.5. The van der Waals surface area contributed by atoms with E-state index in [0.717, 1.165) is 55.0 Å². The molecule has 0 unspecified atom stereocenters. The summed E-state index contributed by atoms with van der Waals surface area (Å²) in [6.07, 6.45) is 0. The normalized spacial score (nSPS) is 12.1. The van der Waals surface area contributed by atoms with E-state index in [-0.39, 0.29) is 0 Å². The van der Waals surface area contributed by atoms with Crippen molar-refractivity contribution < 1.29 is 8.83 Å². The second-order valence-corrected chi connectivity index (χ2v) is 17.0. The average molecular weight is 813 g/mol. The van der Waals surface area contributed by atoms with Crippen molar-refractivity contribution in [1.82, 2.24) is 0 Å². The minimum atomic E-state index is 0.874. The van der Waals surface area contributed by atoms with E-state index in [0.29, 0.717) is 0 Å². The molecular formula is C62H36O2. The molecule has 2 aromatic heterocycles. The standard InChI is InChI=1S/C62H36O2/c1-2-16-38(17-3-1)57-46-23-10-12-25-48(46)60(49-26-13-11-24-47(49)57)51-28-14-27-50-52-35-39(30-32-54(52)64-62(50)51)58-42-19-6-8-21-44(42)59(45-22-9-7-20-43(45)58)40-31-33-55-53(36-40)61-41-18-5-4-15-37(41)29-34-56(61)63-55/h1-36H. The molecule has 0 fully saturated rings. The van der Waals surface area contributed by atoms with Gasteiger partial charge < -0.3 is 8.83 Å². The van der Waals surface area contributed by atoms with Gasteiger partial charge in [-0.25, -0.2) is 0 Å². The zero-order valence-electron chi connectivity index (χ0n) is 34.6. The monoisotopic (exact) mass is 812 g/mol. The maximum atomic E-state index is 6.97. The lowest BCUT2D eigenvalue weighted by atomic mass is 9.85. The summed E-state index contributed by atoms with van der Waals surface area (Å²) in [5, 5.41) is 16.6. The molecule has 12 aromatic carbocycles. The van der Waals surface area contributed by atoms with Crippen molar-refractivity contribution in [2.24, 2.45) is 0 Å². The van der Waals surface area contributed by atoms with Crippen molar-refractivity contribution >= 4 is 97.7 Å². The molecule has 14 aromatic rings. The van der Waals surface area contributed by atoms with Gasteiger partial charge in [0.1, 0.15) is 22.3 Å². The second-order valence-electron chi connectivity index (χ2n) is 17.0. The number of rotatable bonds is 4. The lowest BCUT2D eigenvalue weighted by Gasteiger charge is -2.18. The minimum Gasteiger partial charge on any atom is -0.456 e. The number of para-hydroxylation sites is 1. The Morgan fingerprint density at radius 3 is 1.25 bits per heavy atom. The number of hydrogen-bond donors (Lipinski definition) is 0. The van der Waals surface area contributed by atoms with Gasteiger partial charge in [0, 0.05) is 32.7 Å². The summed E-state index contributed by atoms with van der Waals surface area (Å²) >= 11 is 0. The third-order valence-corrected chi connectivity index (χ3v) is 13.6. The highest BCUT2D eigenvalue weighted by Crippen LogP contribution is 2.49. The average Bonchev–Trinajstić information content (AvgIpc) is 3.93. The van der Waals surface area contributed by atoms with Gasteiger partial charge in [-0.05, 0) is 118 Å². The number of hydrogen-bond acceptors (Lipinski definition) is 2. The molecule has 0 atom stereocenters. The first-order valence-corrected chi connectivity index (χ1v) is 22.0. The predicted octanol–water partition coefficient (Wildman–Crippen LogP) is 17.9. The van der Waals surface area contributed by atoms with Crippen LogP contribution in [0.25, 0.3) is 142 Å². The van der Waals surface area contributed by atoms with Crippen LogP contribution in [0.15, 0.2) is 227 Å². The maximum absolute atomic E-state index is 6.97. The van der Waals surface area contributed by atoms with Gasteiger partial charge >= 0.3 is 0 Å². The van der Waals surface area contributed by atoms with Crippen LogP contribution in [0.2, 0.25) is 0 Å². The summed E-state index contributed by atoms with van der Waals surface area (Å²) in [4.78, 5) is 0. The fourth-order valence-corrected chi connectivity index (χ4v) is 10.9. The van der Waals surface area contributed by atoms with E-state index in [9.17, 15) is 0 Å². The highest BCUT2D eigenvalue weighted by Gasteiger charge is 2.22. The number of benzene rings is 12. The van der Waals surface area contributed by atoms with E-state index < -0.39 is 0 Å². The Hall–Kier alpha value is -8.46. The Balaban J connectivity index is 0.990. The quantitative estimate of drug-likeness (QED) is 0.166. The first kappa shape index (κ1) is 35.2. The molecule has 0 saturated heterocycles. The van der Waals surface area contributed by atoms with Crippen LogP contribution in [0, 0.1) is 0 Å². The van der Waals surface area contributed by atoms with Gasteiger partial charge in [0.2, 0.25) is 0 Å². The van der Waals surface area contributed by atoms with Crippen LogP contribution in [-0.4, -0.2) is 0 Å². The summed E-state index contributed by atoms with van der Waals surface area (Å²) in [7, 11) is 0. The van der Waals surface area contributed by atoms with Crippen LogP contribution in [0.3, 0.4) is 0 Å². The Morgan fingerprint density at radius 1 is 0.234 bits per heavy atom. The fraction of sp³-hybridized carbons (Fsp3) is 0. The molecule has 64 heavy (non-hydrogen) atoms. The Labute approximate surface area is 367 Å². The highest BCUT2D eigenvalue weighted by atomic mass is 16.3. The molecule has 2 heteroatoms. The van der Waals surface area contributed by atoms with Crippen LogP contribution >= 0.6 is 0 Å². The first-order valence-electron chi connectivity index (χ1n) is 22.0. The Morgan fingerprint density at radius 2 is 0.672 bits per heavy atom.